The number of ether oxygens (including phenoxy) is 3. The zero-order chi connectivity index (χ0) is 31.5. The molecule has 4 aromatic rings. The SMILES string of the molecule is CCCN1CC(=O)N[C@H]2CCN(C(=O)c3ccc4ccn(C)c4n3)C[C@@H]2OCc2cccc(c2)Oc2cc(ccc2OC)C1=O. The molecule has 0 aliphatic carbocycles. The molecule has 234 valence electrons. The Morgan fingerprint density at radius 2 is 1.98 bits per heavy atom. The Labute approximate surface area is 261 Å². The van der Waals surface area contributed by atoms with Gasteiger partial charge in [-0.3, -0.25) is 14.4 Å². The number of nitrogens with zero attached hydrogens (tertiary/aromatic N) is 4. The minimum Gasteiger partial charge on any atom is -0.493 e. The summed E-state index contributed by atoms with van der Waals surface area (Å²) < 4.78 is 20.0. The summed E-state index contributed by atoms with van der Waals surface area (Å²) in [6, 6.07) is 17.7. The first-order valence-corrected chi connectivity index (χ1v) is 15.2. The van der Waals surface area contributed by atoms with Crippen LogP contribution in [0.1, 0.15) is 46.2 Å². The zero-order valence-corrected chi connectivity index (χ0v) is 25.7. The standard InChI is InChI=1S/C34H37N5O6/c1-4-14-38-20-31(40)35-26-13-16-39(34(42)27-10-8-23-12-15-37(2)32(23)36-27)19-30(26)44-21-22-6-5-7-25(17-22)45-29-18-24(33(38)41)9-11-28(29)43-3/h5-12,15,17-18,26,30H,4,13-14,16,19-21H2,1-3H3,(H,35,40)/t26-,30-/m0/s1. The van der Waals surface area contributed by atoms with Crippen LogP contribution in [0.2, 0.25) is 0 Å². The summed E-state index contributed by atoms with van der Waals surface area (Å²) in [5.41, 5.74) is 2.34. The number of benzene rings is 2. The van der Waals surface area contributed by atoms with Gasteiger partial charge in [-0.1, -0.05) is 19.1 Å². The predicted octanol–water partition coefficient (Wildman–Crippen LogP) is 4.16. The van der Waals surface area contributed by atoms with E-state index >= 15 is 0 Å². The monoisotopic (exact) mass is 611 g/mol. The van der Waals surface area contributed by atoms with E-state index in [4.69, 9.17) is 14.2 Å². The molecular weight excluding hydrogens is 574 g/mol. The smallest absolute Gasteiger partial charge is 0.272 e. The molecule has 0 radical (unpaired) electrons. The number of hydrogen-bond acceptors (Lipinski definition) is 7. The van der Waals surface area contributed by atoms with Crippen molar-refractivity contribution in [2.24, 2.45) is 7.05 Å². The molecule has 11 nitrogen and oxygen atoms in total. The van der Waals surface area contributed by atoms with Crippen LogP contribution in [0.25, 0.3) is 11.0 Å². The third-order valence-electron chi connectivity index (χ3n) is 8.25. The Balaban J connectivity index is 1.29. The molecular formula is C34H37N5O6. The molecule has 6 rings (SSSR count). The molecule has 2 aromatic carbocycles. The minimum atomic E-state index is -0.494. The third kappa shape index (κ3) is 6.48. The van der Waals surface area contributed by atoms with Gasteiger partial charge < -0.3 is 33.9 Å². The molecule has 4 bridgehead atoms. The van der Waals surface area contributed by atoms with E-state index in [2.05, 4.69) is 10.3 Å². The van der Waals surface area contributed by atoms with Crippen LogP contribution in [0.3, 0.4) is 0 Å². The second-order valence-electron chi connectivity index (χ2n) is 11.4. The van der Waals surface area contributed by atoms with Crippen molar-refractivity contribution in [3.8, 4) is 17.2 Å². The molecule has 2 atom stereocenters. The summed E-state index contributed by atoms with van der Waals surface area (Å²) in [4.78, 5) is 48.5. The number of nitrogens with one attached hydrogen (secondary N) is 1. The molecule has 0 spiro atoms. The van der Waals surface area contributed by atoms with Crippen LogP contribution in [0.15, 0.2) is 66.9 Å². The van der Waals surface area contributed by atoms with Crippen LogP contribution in [-0.2, 0) is 23.2 Å². The largest absolute Gasteiger partial charge is 0.493 e. The molecule has 2 aliphatic rings. The van der Waals surface area contributed by atoms with Gasteiger partial charge >= 0.3 is 0 Å². The van der Waals surface area contributed by atoms with Crippen molar-refractivity contribution in [3.05, 3.63) is 83.7 Å². The van der Waals surface area contributed by atoms with Crippen molar-refractivity contribution < 1.29 is 28.6 Å². The van der Waals surface area contributed by atoms with Crippen LogP contribution < -0.4 is 14.8 Å². The average Bonchev–Trinajstić information content (AvgIpc) is 3.42. The van der Waals surface area contributed by atoms with Crippen molar-refractivity contribution in [3.63, 3.8) is 0 Å². The van der Waals surface area contributed by atoms with Gasteiger partial charge in [0.1, 0.15) is 17.1 Å². The van der Waals surface area contributed by atoms with Gasteiger partial charge in [0.05, 0.1) is 32.4 Å². The van der Waals surface area contributed by atoms with E-state index in [0.717, 1.165) is 16.6 Å². The molecule has 1 N–H and O–H groups in total. The van der Waals surface area contributed by atoms with Gasteiger partial charge in [-0.2, -0.15) is 0 Å². The fraction of sp³-hybridized carbons (Fsp3) is 0.353. The number of amides is 3. The number of methoxy groups -OCH3 is 1. The first-order chi connectivity index (χ1) is 21.8. The Morgan fingerprint density at radius 1 is 1.11 bits per heavy atom. The van der Waals surface area contributed by atoms with E-state index in [-0.39, 0.29) is 43.5 Å². The number of carbonyl (C=O) groups is 3. The second kappa shape index (κ2) is 13.0. The van der Waals surface area contributed by atoms with Crippen molar-refractivity contribution in [1.82, 2.24) is 24.7 Å². The molecule has 0 unspecified atom stereocenters. The van der Waals surface area contributed by atoms with E-state index in [1.807, 2.05) is 61.1 Å². The molecule has 3 amide bonds. The lowest BCUT2D eigenvalue weighted by Gasteiger charge is -2.39. The Bertz CT molecular complexity index is 1740. The number of aryl methyl sites for hydroxylation is 1. The zero-order valence-electron chi connectivity index (χ0n) is 25.7. The molecule has 4 heterocycles. The molecule has 1 fully saturated rings. The second-order valence-corrected chi connectivity index (χ2v) is 11.4. The lowest BCUT2D eigenvalue weighted by atomic mass is 10.0. The highest BCUT2D eigenvalue weighted by molar-refractivity contribution is 5.97. The van der Waals surface area contributed by atoms with Crippen molar-refractivity contribution >= 4 is 28.8 Å². The summed E-state index contributed by atoms with van der Waals surface area (Å²) >= 11 is 0. The number of rotatable bonds is 4. The maximum atomic E-state index is 13.6. The van der Waals surface area contributed by atoms with Gasteiger partial charge in [-0.25, -0.2) is 4.98 Å². The van der Waals surface area contributed by atoms with Crippen LogP contribution in [0.5, 0.6) is 17.2 Å². The van der Waals surface area contributed by atoms with Crippen molar-refractivity contribution in [2.75, 3.05) is 33.3 Å². The first kappa shape index (κ1) is 30.1. The highest BCUT2D eigenvalue weighted by Crippen LogP contribution is 2.33. The van der Waals surface area contributed by atoms with Gasteiger partial charge in [-0.05, 0) is 66.9 Å². The average molecular weight is 612 g/mol. The molecule has 11 heteroatoms. The van der Waals surface area contributed by atoms with Gasteiger partial charge in [0.2, 0.25) is 5.91 Å². The number of aromatic nitrogens is 2. The Hall–Kier alpha value is -4.90. The number of fused-ring (bicyclic) bond motifs is 6. The van der Waals surface area contributed by atoms with Crippen LogP contribution in [-0.4, -0.2) is 82.5 Å². The Kier molecular flexibility index (Phi) is 8.70. The van der Waals surface area contributed by atoms with E-state index in [9.17, 15) is 14.4 Å². The summed E-state index contributed by atoms with van der Waals surface area (Å²) in [7, 11) is 3.44. The molecule has 0 saturated carbocycles. The van der Waals surface area contributed by atoms with Crippen LogP contribution >= 0.6 is 0 Å². The molecule has 2 aliphatic heterocycles. The van der Waals surface area contributed by atoms with E-state index in [0.29, 0.717) is 54.4 Å². The quantitative estimate of drug-likeness (QED) is 0.369. The summed E-state index contributed by atoms with van der Waals surface area (Å²) in [6.07, 6.45) is 2.59. The topological polar surface area (TPSA) is 115 Å². The summed E-state index contributed by atoms with van der Waals surface area (Å²) in [6.45, 7) is 3.18. The van der Waals surface area contributed by atoms with E-state index in [1.54, 1.807) is 36.3 Å². The Morgan fingerprint density at radius 3 is 2.80 bits per heavy atom. The molecule has 1 saturated heterocycles. The normalized spacial score (nSPS) is 19.1. The lowest BCUT2D eigenvalue weighted by molar-refractivity contribution is -0.124. The van der Waals surface area contributed by atoms with Gasteiger partial charge in [0.25, 0.3) is 11.8 Å². The van der Waals surface area contributed by atoms with Gasteiger partial charge in [0.15, 0.2) is 11.5 Å². The van der Waals surface area contributed by atoms with Crippen molar-refractivity contribution in [2.45, 2.75) is 38.5 Å². The van der Waals surface area contributed by atoms with Crippen LogP contribution in [0.4, 0.5) is 0 Å². The maximum absolute atomic E-state index is 13.6. The maximum Gasteiger partial charge on any atom is 0.272 e. The number of carbonyl (C=O) groups excluding carboxylic acids is 3. The van der Waals surface area contributed by atoms with Crippen LogP contribution in [0, 0.1) is 0 Å². The van der Waals surface area contributed by atoms with E-state index in [1.165, 1.54) is 4.90 Å². The number of hydrogen-bond donors (Lipinski definition) is 1. The molecule has 2 aromatic heterocycles. The molecule has 45 heavy (non-hydrogen) atoms. The third-order valence-corrected chi connectivity index (χ3v) is 8.25. The first-order valence-electron chi connectivity index (χ1n) is 15.2. The number of likely N-dealkylation sites (tertiary alicyclic amines) is 1. The van der Waals surface area contributed by atoms with Gasteiger partial charge in [-0.15, -0.1) is 0 Å². The number of pyridine rings is 1. The lowest BCUT2D eigenvalue weighted by Crippen LogP contribution is -2.57. The fourth-order valence-electron chi connectivity index (χ4n) is 5.90. The van der Waals surface area contributed by atoms with E-state index < -0.39 is 6.10 Å². The predicted molar refractivity (Wildman–Crippen MR) is 167 cm³/mol. The minimum absolute atomic E-state index is 0.111. The summed E-state index contributed by atoms with van der Waals surface area (Å²) in [5, 5.41) is 4.07. The fourth-order valence-corrected chi connectivity index (χ4v) is 5.90. The van der Waals surface area contributed by atoms with Crippen molar-refractivity contribution in [1.29, 1.82) is 0 Å². The van der Waals surface area contributed by atoms with Gasteiger partial charge in [0, 0.05) is 43.8 Å². The highest BCUT2D eigenvalue weighted by atomic mass is 16.5. The summed E-state index contributed by atoms with van der Waals surface area (Å²) in [5.74, 6) is 0.664. The number of piperidine rings is 1. The highest BCUT2D eigenvalue weighted by Gasteiger charge is 2.35.